The van der Waals surface area contributed by atoms with Gasteiger partial charge in [0.1, 0.15) is 5.76 Å². The van der Waals surface area contributed by atoms with Gasteiger partial charge in [0.2, 0.25) is 15.9 Å². The van der Waals surface area contributed by atoms with Crippen LogP contribution in [-0.4, -0.2) is 26.6 Å². The minimum atomic E-state index is -3.33. The summed E-state index contributed by atoms with van der Waals surface area (Å²) in [5.74, 6) is 0.259. The first-order chi connectivity index (χ1) is 8.03. The van der Waals surface area contributed by atoms with Gasteiger partial charge in [-0.25, -0.2) is 13.1 Å². The number of rotatable bonds is 7. The molecule has 1 aromatic rings. The fourth-order valence-electron chi connectivity index (χ4n) is 1.18. The Kier molecular flexibility index (Phi) is 5.17. The number of amides is 1. The van der Waals surface area contributed by atoms with Gasteiger partial charge >= 0.3 is 0 Å². The Morgan fingerprint density at radius 1 is 1.47 bits per heavy atom. The minimum Gasteiger partial charge on any atom is -0.467 e. The molecule has 1 heterocycles. The lowest BCUT2D eigenvalue weighted by molar-refractivity contribution is -0.120. The first-order valence-corrected chi connectivity index (χ1v) is 6.95. The van der Waals surface area contributed by atoms with Gasteiger partial charge in [-0.05, 0) is 18.6 Å². The predicted molar refractivity (Wildman–Crippen MR) is 62.6 cm³/mol. The lowest BCUT2D eigenvalue weighted by Crippen LogP contribution is -2.37. The maximum atomic E-state index is 11.3. The summed E-state index contributed by atoms with van der Waals surface area (Å²) in [5, 5.41) is 2.54. The van der Waals surface area contributed by atoms with Gasteiger partial charge < -0.3 is 9.73 Å². The van der Waals surface area contributed by atoms with Crippen LogP contribution in [0.3, 0.4) is 0 Å². The molecule has 0 saturated heterocycles. The van der Waals surface area contributed by atoms with Crippen molar-refractivity contribution in [1.29, 1.82) is 0 Å². The molecule has 1 aromatic heterocycles. The Hall–Kier alpha value is -1.34. The van der Waals surface area contributed by atoms with Crippen LogP contribution in [0.25, 0.3) is 0 Å². The minimum absolute atomic E-state index is 0.0263. The van der Waals surface area contributed by atoms with Crippen molar-refractivity contribution in [2.24, 2.45) is 0 Å². The molecule has 0 bridgehead atoms. The molecule has 0 spiro atoms. The van der Waals surface area contributed by atoms with E-state index in [0.717, 1.165) is 0 Å². The molecule has 96 valence electrons. The molecule has 6 nitrogen and oxygen atoms in total. The van der Waals surface area contributed by atoms with Gasteiger partial charge in [0.15, 0.2) is 0 Å². The van der Waals surface area contributed by atoms with Crippen LogP contribution in [0.2, 0.25) is 0 Å². The van der Waals surface area contributed by atoms with Gasteiger partial charge in [-0.1, -0.05) is 6.92 Å². The summed E-state index contributed by atoms with van der Waals surface area (Å²) in [5.41, 5.74) is 0. The van der Waals surface area contributed by atoms with Crippen molar-refractivity contribution >= 4 is 15.9 Å². The van der Waals surface area contributed by atoms with Gasteiger partial charge in [0.05, 0.1) is 25.1 Å². The molecule has 1 amide bonds. The summed E-state index contributed by atoms with van der Waals surface area (Å²) < 4.78 is 29.8. The van der Waals surface area contributed by atoms with E-state index in [4.69, 9.17) is 4.42 Å². The summed E-state index contributed by atoms with van der Waals surface area (Å²) in [4.78, 5) is 11.3. The van der Waals surface area contributed by atoms with Gasteiger partial charge in [-0.2, -0.15) is 0 Å². The zero-order valence-corrected chi connectivity index (χ0v) is 10.4. The van der Waals surface area contributed by atoms with E-state index in [1.807, 2.05) is 0 Å². The van der Waals surface area contributed by atoms with Gasteiger partial charge in [-0.3, -0.25) is 4.79 Å². The monoisotopic (exact) mass is 260 g/mol. The highest BCUT2D eigenvalue weighted by molar-refractivity contribution is 7.89. The first-order valence-electron chi connectivity index (χ1n) is 5.30. The van der Waals surface area contributed by atoms with E-state index in [9.17, 15) is 13.2 Å². The number of carbonyl (C=O) groups excluding carboxylic acids is 1. The van der Waals surface area contributed by atoms with Crippen molar-refractivity contribution in [3.05, 3.63) is 24.2 Å². The van der Waals surface area contributed by atoms with E-state index in [0.29, 0.717) is 12.2 Å². The lowest BCUT2D eigenvalue weighted by atomic mass is 10.4. The average molecular weight is 260 g/mol. The van der Waals surface area contributed by atoms with Crippen molar-refractivity contribution < 1.29 is 17.6 Å². The standard InChI is InChI=1S/C10H16N2O4S/c1-2-6-17(14,15)12-8-10(13)11-7-9-4-3-5-16-9/h3-5,12H,2,6-8H2,1H3,(H,11,13). The van der Waals surface area contributed by atoms with Gasteiger partial charge in [0.25, 0.3) is 0 Å². The van der Waals surface area contributed by atoms with Crippen LogP contribution in [0.5, 0.6) is 0 Å². The summed E-state index contributed by atoms with van der Waals surface area (Å²) >= 11 is 0. The molecule has 0 fully saturated rings. The highest BCUT2D eigenvalue weighted by Gasteiger charge is 2.10. The molecular weight excluding hydrogens is 244 g/mol. The largest absolute Gasteiger partial charge is 0.467 e. The Balaban J connectivity index is 2.26. The Labute approximate surface area is 100 Å². The number of furan rings is 1. The van der Waals surface area contributed by atoms with Crippen molar-refractivity contribution in [1.82, 2.24) is 10.0 Å². The third-order valence-corrected chi connectivity index (χ3v) is 3.50. The van der Waals surface area contributed by atoms with Crippen LogP contribution in [0.15, 0.2) is 22.8 Å². The second-order valence-electron chi connectivity index (χ2n) is 3.50. The van der Waals surface area contributed by atoms with Gasteiger partial charge in [-0.15, -0.1) is 0 Å². The molecule has 0 unspecified atom stereocenters. The molecule has 0 aliphatic carbocycles. The number of sulfonamides is 1. The zero-order chi connectivity index (χ0) is 12.7. The topological polar surface area (TPSA) is 88.4 Å². The second-order valence-corrected chi connectivity index (χ2v) is 5.42. The van der Waals surface area contributed by atoms with Crippen molar-refractivity contribution in [3.63, 3.8) is 0 Å². The van der Waals surface area contributed by atoms with Crippen LogP contribution in [0.1, 0.15) is 19.1 Å². The number of nitrogens with one attached hydrogen (secondary N) is 2. The summed E-state index contributed by atoms with van der Waals surface area (Å²) in [7, 11) is -3.33. The molecule has 0 aliphatic heterocycles. The van der Waals surface area contributed by atoms with E-state index in [-0.39, 0.29) is 24.7 Å². The Bertz CT molecular complexity index is 439. The fraction of sp³-hybridized carbons (Fsp3) is 0.500. The molecule has 0 aliphatic rings. The van der Waals surface area contributed by atoms with Crippen molar-refractivity contribution in [2.45, 2.75) is 19.9 Å². The Morgan fingerprint density at radius 3 is 2.82 bits per heavy atom. The van der Waals surface area contributed by atoms with E-state index in [1.54, 1.807) is 19.1 Å². The summed E-state index contributed by atoms with van der Waals surface area (Å²) in [6.07, 6.45) is 2.02. The SMILES string of the molecule is CCCS(=O)(=O)NCC(=O)NCc1ccco1. The second kappa shape index (κ2) is 6.41. The van der Waals surface area contributed by atoms with Gasteiger partial charge in [0, 0.05) is 0 Å². The van der Waals surface area contributed by atoms with Crippen LogP contribution in [0, 0.1) is 0 Å². The molecule has 0 saturated carbocycles. The zero-order valence-electron chi connectivity index (χ0n) is 9.60. The summed E-state index contributed by atoms with van der Waals surface area (Å²) in [6, 6.07) is 3.44. The maximum Gasteiger partial charge on any atom is 0.235 e. The highest BCUT2D eigenvalue weighted by Crippen LogP contribution is 1.98. The molecular formula is C10H16N2O4S. The normalized spacial score (nSPS) is 11.4. The Morgan fingerprint density at radius 2 is 2.24 bits per heavy atom. The van der Waals surface area contributed by atoms with Crippen LogP contribution in [-0.2, 0) is 21.4 Å². The maximum absolute atomic E-state index is 11.3. The predicted octanol–water partition coefficient (Wildman–Crippen LogP) is 0.225. The van der Waals surface area contributed by atoms with Crippen LogP contribution >= 0.6 is 0 Å². The smallest absolute Gasteiger partial charge is 0.235 e. The number of hydrogen-bond donors (Lipinski definition) is 2. The van der Waals surface area contributed by atoms with E-state index in [2.05, 4.69) is 10.0 Å². The molecule has 7 heteroatoms. The number of carbonyl (C=O) groups is 1. The number of hydrogen-bond acceptors (Lipinski definition) is 4. The van der Waals surface area contributed by atoms with E-state index >= 15 is 0 Å². The van der Waals surface area contributed by atoms with E-state index < -0.39 is 10.0 Å². The van der Waals surface area contributed by atoms with Crippen molar-refractivity contribution in [2.75, 3.05) is 12.3 Å². The highest BCUT2D eigenvalue weighted by atomic mass is 32.2. The van der Waals surface area contributed by atoms with E-state index in [1.165, 1.54) is 6.26 Å². The summed E-state index contributed by atoms with van der Waals surface area (Å²) in [6.45, 7) is 1.76. The molecule has 0 atom stereocenters. The quantitative estimate of drug-likeness (QED) is 0.734. The molecule has 0 aromatic carbocycles. The average Bonchev–Trinajstić information content (AvgIpc) is 2.76. The third-order valence-electron chi connectivity index (χ3n) is 1.97. The van der Waals surface area contributed by atoms with Crippen LogP contribution in [0.4, 0.5) is 0 Å². The fourth-order valence-corrected chi connectivity index (χ4v) is 2.21. The molecule has 0 radical (unpaired) electrons. The molecule has 17 heavy (non-hydrogen) atoms. The lowest BCUT2D eigenvalue weighted by Gasteiger charge is -2.05. The van der Waals surface area contributed by atoms with Crippen LogP contribution < -0.4 is 10.0 Å². The molecule has 2 N–H and O–H groups in total. The third kappa shape index (κ3) is 5.50. The van der Waals surface area contributed by atoms with Crippen molar-refractivity contribution in [3.8, 4) is 0 Å². The molecule has 1 rings (SSSR count). The first kappa shape index (κ1) is 13.7.